The first-order valence-corrected chi connectivity index (χ1v) is 5.43. The maximum Gasteiger partial charge on any atom is 0.246 e. The molecule has 0 saturated carbocycles. The molecule has 1 aromatic rings. The molecule has 0 aromatic heterocycles. The van der Waals surface area contributed by atoms with Gasteiger partial charge in [-0.3, -0.25) is 19.7 Å². The number of piperazine rings is 1. The summed E-state index contributed by atoms with van der Waals surface area (Å²) in [6.45, 7) is -0.254. The lowest BCUT2D eigenvalue weighted by molar-refractivity contribution is -0.145. The van der Waals surface area contributed by atoms with E-state index in [0.29, 0.717) is 5.56 Å². The second-order valence-electron chi connectivity index (χ2n) is 4.03. The zero-order valence-electron chi connectivity index (χ0n) is 9.55. The van der Waals surface area contributed by atoms with Crippen LogP contribution in [0.1, 0.15) is 5.56 Å². The van der Waals surface area contributed by atoms with Crippen LogP contribution in [0.4, 0.5) is 0 Å². The van der Waals surface area contributed by atoms with E-state index in [-0.39, 0.29) is 31.2 Å². The Labute approximate surface area is 103 Å². The van der Waals surface area contributed by atoms with Crippen molar-refractivity contribution in [3.63, 3.8) is 0 Å². The fourth-order valence-corrected chi connectivity index (χ4v) is 1.75. The number of benzene rings is 1. The largest absolute Gasteiger partial charge is 0.508 e. The first kappa shape index (κ1) is 12.1. The third kappa shape index (κ3) is 2.65. The molecule has 1 heterocycles. The number of hydrogen-bond donors (Lipinski definition) is 2. The average Bonchev–Trinajstić information content (AvgIpc) is 2.31. The molecule has 2 rings (SSSR count). The van der Waals surface area contributed by atoms with E-state index >= 15 is 0 Å². The molecule has 1 aromatic carbocycles. The minimum atomic E-state index is -0.489. The molecule has 0 bridgehead atoms. The molecule has 94 valence electrons. The standard InChI is InChI=1S/C12H12N2O4/c15-9-4-2-1-3-8(9)5-12(18)14-6-10(16)13-11(17)7-14/h1-4,15H,5-7H2,(H,13,16,17). The van der Waals surface area contributed by atoms with Crippen LogP contribution in [0.5, 0.6) is 5.75 Å². The number of carbonyl (C=O) groups excluding carboxylic acids is 3. The number of carbonyl (C=O) groups is 3. The lowest BCUT2D eigenvalue weighted by atomic mass is 10.1. The molecular formula is C12H12N2O4. The summed E-state index contributed by atoms with van der Waals surface area (Å²) in [6, 6.07) is 6.47. The van der Waals surface area contributed by atoms with Gasteiger partial charge in [-0.2, -0.15) is 0 Å². The van der Waals surface area contributed by atoms with Gasteiger partial charge >= 0.3 is 0 Å². The zero-order valence-corrected chi connectivity index (χ0v) is 9.55. The molecule has 0 unspecified atom stereocenters. The van der Waals surface area contributed by atoms with Crippen molar-refractivity contribution in [3.05, 3.63) is 29.8 Å². The Balaban J connectivity index is 2.06. The molecule has 3 amide bonds. The van der Waals surface area contributed by atoms with Crippen LogP contribution in [-0.4, -0.2) is 40.8 Å². The van der Waals surface area contributed by atoms with Gasteiger partial charge in [0.05, 0.1) is 6.42 Å². The predicted molar refractivity (Wildman–Crippen MR) is 61.5 cm³/mol. The number of nitrogens with zero attached hydrogens (tertiary/aromatic N) is 1. The zero-order chi connectivity index (χ0) is 13.1. The third-order valence-electron chi connectivity index (χ3n) is 2.63. The summed E-state index contributed by atoms with van der Waals surface area (Å²) >= 11 is 0. The molecule has 2 N–H and O–H groups in total. The van der Waals surface area contributed by atoms with Crippen LogP contribution in [0, 0.1) is 0 Å². The number of aromatic hydroxyl groups is 1. The van der Waals surface area contributed by atoms with Crippen molar-refractivity contribution in [2.24, 2.45) is 0 Å². The predicted octanol–water partition coefficient (Wildman–Crippen LogP) is -0.580. The van der Waals surface area contributed by atoms with E-state index in [1.807, 2.05) is 0 Å². The van der Waals surface area contributed by atoms with Crippen molar-refractivity contribution in [1.29, 1.82) is 0 Å². The van der Waals surface area contributed by atoms with Crippen molar-refractivity contribution in [1.82, 2.24) is 10.2 Å². The molecule has 18 heavy (non-hydrogen) atoms. The topological polar surface area (TPSA) is 86.7 Å². The quantitative estimate of drug-likeness (QED) is 0.685. The van der Waals surface area contributed by atoms with Gasteiger partial charge in [0.15, 0.2) is 0 Å². The average molecular weight is 248 g/mol. The van der Waals surface area contributed by atoms with E-state index in [2.05, 4.69) is 5.32 Å². The van der Waals surface area contributed by atoms with Crippen molar-refractivity contribution in [2.75, 3.05) is 13.1 Å². The highest BCUT2D eigenvalue weighted by Crippen LogP contribution is 2.17. The minimum absolute atomic E-state index is 0.0265. The number of imide groups is 1. The number of para-hydroxylation sites is 1. The van der Waals surface area contributed by atoms with Gasteiger partial charge in [-0.25, -0.2) is 0 Å². The normalized spacial score (nSPS) is 15.4. The summed E-state index contributed by atoms with van der Waals surface area (Å²) in [5.41, 5.74) is 0.473. The van der Waals surface area contributed by atoms with Crippen LogP contribution >= 0.6 is 0 Å². The number of amides is 3. The number of hydrogen-bond acceptors (Lipinski definition) is 4. The second kappa shape index (κ2) is 4.87. The highest BCUT2D eigenvalue weighted by atomic mass is 16.3. The van der Waals surface area contributed by atoms with Gasteiger partial charge in [0, 0.05) is 5.56 Å². The van der Waals surface area contributed by atoms with Gasteiger partial charge in [-0.1, -0.05) is 18.2 Å². The van der Waals surface area contributed by atoms with Crippen LogP contribution in [0.2, 0.25) is 0 Å². The van der Waals surface area contributed by atoms with Crippen molar-refractivity contribution in [2.45, 2.75) is 6.42 Å². The van der Waals surface area contributed by atoms with Gasteiger partial charge in [0.2, 0.25) is 17.7 Å². The van der Waals surface area contributed by atoms with Gasteiger partial charge in [-0.15, -0.1) is 0 Å². The maximum atomic E-state index is 11.9. The summed E-state index contributed by atoms with van der Waals surface area (Å²) < 4.78 is 0. The van der Waals surface area contributed by atoms with E-state index in [1.165, 1.54) is 11.0 Å². The molecule has 0 spiro atoms. The Bertz CT molecular complexity index is 497. The van der Waals surface area contributed by atoms with E-state index in [0.717, 1.165) is 0 Å². The smallest absolute Gasteiger partial charge is 0.246 e. The Morgan fingerprint density at radius 2 is 1.83 bits per heavy atom. The molecule has 1 fully saturated rings. The molecule has 0 aliphatic carbocycles. The monoisotopic (exact) mass is 248 g/mol. The van der Waals surface area contributed by atoms with Crippen LogP contribution in [0.15, 0.2) is 24.3 Å². The van der Waals surface area contributed by atoms with Gasteiger partial charge in [0.25, 0.3) is 0 Å². The molecule has 1 saturated heterocycles. The summed E-state index contributed by atoms with van der Waals surface area (Å²) in [4.78, 5) is 35.3. The second-order valence-corrected chi connectivity index (χ2v) is 4.03. The number of rotatable bonds is 2. The van der Waals surface area contributed by atoms with E-state index in [4.69, 9.17) is 0 Å². The van der Waals surface area contributed by atoms with Gasteiger partial charge < -0.3 is 10.0 Å². The van der Waals surface area contributed by atoms with E-state index in [1.54, 1.807) is 18.2 Å². The molecule has 1 aliphatic heterocycles. The van der Waals surface area contributed by atoms with Crippen LogP contribution in [-0.2, 0) is 20.8 Å². The Morgan fingerprint density at radius 1 is 1.22 bits per heavy atom. The first-order valence-electron chi connectivity index (χ1n) is 5.43. The van der Waals surface area contributed by atoms with Crippen molar-refractivity contribution in [3.8, 4) is 5.75 Å². The van der Waals surface area contributed by atoms with E-state index < -0.39 is 11.8 Å². The summed E-state index contributed by atoms with van der Waals surface area (Å²) in [5, 5.41) is 11.7. The first-order chi connectivity index (χ1) is 8.56. The molecular weight excluding hydrogens is 236 g/mol. The summed E-state index contributed by atoms with van der Waals surface area (Å²) in [6.07, 6.45) is -0.0345. The Kier molecular flexibility index (Phi) is 3.27. The minimum Gasteiger partial charge on any atom is -0.508 e. The molecule has 0 radical (unpaired) electrons. The highest BCUT2D eigenvalue weighted by Gasteiger charge is 2.26. The third-order valence-corrected chi connectivity index (χ3v) is 2.63. The Morgan fingerprint density at radius 3 is 2.44 bits per heavy atom. The molecule has 6 heteroatoms. The van der Waals surface area contributed by atoms with Crippen molar-refractivity contribution >= 4 is 17.7 Å². The van der Waals surface area contributed by atoms with Crippen molar-refractivity contribution < 1.29 is 19.5 Å². The molecule has 0 atom stereocenters. The number of nitrogens with one attached hydrogen (secondary N) is 1. The van der Waals surface area contributed by atoms with Gasteiger partial charge in [-0.05, 0) is 6.07 Å². The van der Waals surface area contributed by atoms with Crippen LogP contribution in [0.25, 0.3) is 0 Å². The summed E-state index contributed by atoms with van der Waals surface area (Å²) in [5.74, 6) is -1.31. The maximum absolute atomic E-state index is 11.9. The SMILES string of the molecule is O=C1CN(C(=O)Cc2ccccc2O)CC(=O)N1. The van der Waals surface area contributed by atoms with Crippen LogP contribution < -0.4 is 5.32 Å². The lowest BCUT2D eigenvalue weighted by Crippen LogP contribution is -2.53. The molecule has 6 nitrogen and oxygen atoms in total. The van der Waals surface area contributed by atoms with Crippen LogP contribution in [0.3, 0.4) is 0 Å². The molecule has 1 aliphatic rings. The van der Waals surface area contributed by atoms with Gasteiger partial charge in [0.1, 0.15) is 18.8 Å². The Hall–Kier alpha value is -2.37. The lowest BCUT2D eigenvalue weighted by Gasteiger charge is -2.25. The fourth-order valence-electron chi connectivity index (χ4n) is 1.75. The number of phenols is 1. The number of phenolic OH excluding ortho intramolecular Hbond substituents is 1. The van der Waals surface area contributed by atoms with E-state index in [9.17, 15) is 19.5 Å². The summed E-state index contributed by atoms with van der Waals surface area (Å²) in [7, 11) is 0. The fraction of sp³-hybridized carbons (Fsp3) is 0.250. The highest BCUT2D eigenvalue weighted by molar-refractivity contribution is 6.02.